The van der Waals surface area contributed by atoms with Crippen LogP contribution in [0.4, 0.5) is 5.69 Å². The van der Waals surface area contributed by atoms with Crippen LogP contribution in [0.5, 0.6) is 0 Å². The van der Waals surface area contributed by atoms with Crippen molar-refractivity contribution in [3.8, 4) is 0 Å². The number of benzene rings is 2. The van der Waals surface area contributed by atoms with E-state index >= 15 is 0 Å². The second-order valence-corrected chi connectivity index (χ2v) is 8.01. The third-order valence-corrected chi connectivity index (χ3v) is 5.67. The van der Waals surface area contributed by atoms with Gasteiger partial charge in [-0.05, 0) is 62.4 Å². The molecule has 0 fully saturated rings. The van der Waals surface area contributed by atoms with Crippen molar-refractivity contribution in [1.29, 1.82) is 0 Å². The average Bonchev–Trinajstić information content (AvgIpc) is 2.80. The van der Waals surface area contributed by atoms with Crippen LogP contribution < -0.4 is 10.9 Å². The van der Waals surface area contributed by atoms with Gasteiger partial charge in [0.1, 0.15) is 5.65 Å². The highest BCUT2D eigenvalue weighted by molar-refractivity contribution is 6.04. The summed E-state index contributed by atoms with van der Waals surface area (Å²) in [6.45, 7) is 4.58. The van der Waals surface area contributed by atoms with Crippen LogP contribution in [0, 0.1) is 6.92 Å². The first-order chi connectivity index (χ1) is 15.4. The third-order valence-electron chi connectivity index (χ3n) is 5.67. The van der Waals surface area contributed by atoms with Gasteiger partial charge in [-0.15, -0.1) is 0 Å². The summed E-state index contributed by atoms with van der Waals surface area (Å²) < 4.78 is 1.57. The molecule has 2 aromatic carbocycles. The normalized spacial score (nSPS) is 12.1. The van der Waals surface area contributed by atoms with E-state index in [4.69, 9.17) is 4.98 Å². The molecule has 1 atom stereocenters. The van der Waals surface area contributed by atoms with Gasteiger partial charge in [0.2, 0.25) is 0 Å². The van der Waals surface area contributed by atoms with E-state index < -0.39 is 0 Å². The van der Waals surface area contributed by atoms with Gasteiger partial charge in [-0.2, -0.15) is 0 Å². The lowest BCUT2D eigenvalue weighted by Crippen LogP contribution is -2.25. The van der Waals surface area contributed by atoms with Gasteiger partial charge in [-0.3, -0.25) is 18.9 Å². The lowest BCUT2D eigenvalue weighted by molar-refractivity contribution is 0.102. The van der Waals surface area contributed by atoms with Crippen molar-refractivity contribution in [3.05, 3.63) is 112 Å². The minimum Gasteiger partial charge on any atom is -0.322 e. The summed E-state index contributed by atoms with van der Waals surface area (Å²) in [4.78, 5) is 31.8. The summed E-state index contributed by atoms with van der Waals surface area (Å²) in [5.41, 5.74) is 4.71. The number of amides is 1. The second-order valence-electron chi connectivity index (χ2n) is 8.01. The van der Waals surface area contributed by atoms with Crippen molar-refractivity contribution >= 4 is 17.2 Å². The van der Waals surface area contributed by atoms with Gasteiger partial charge in [0.05, 0.1) is 5.69 Å². The predicted molar refractivity (Wildman–Crippen MR) is 127 cm³/mol. The Hall–Kier alpha value is -3.77. The Morgan fingerprint density at radius 1 is 1.06 bits per heavy atom. The highest BCUT2D eigenvalue weighted by atomic mass is 16.1. The van der Waals surface area contributed by atoms with Crippen molar-refractivity contribution in [2.75, 3.05) is 12.4 Å². The molecule has 0 saturated carbocycles. The molecule has 4 aromatic rings. The lowest BCUT2D eigenvalue weighted by atomic mass is 10.1. The number of aryl methyl sites for hydroxylation is 1. The number of hydrogen-bond acceptors (Lipinski definition) is 4. The van der Waals surface area contributed by atoms with Crippen molar-refractivity contribution in [2.24, 2.45) is 0 Å². The van der Waals surface area contributed by atoms with Gasteiger partial charge in [0, 0.05) is 36.1 Å². The van der Waals surface area contributed by atoms with Gasteiger partial charge in [-0.1, -0.05) is 36.4 Å². The van der Waals surface area contributed by atoms with E-state index in [9.17, 15) is 9.59 Å². The summed E-state index contributed by atoms with van der Waals surface area (Å²) in [5.74, 6) is -0.139. The van der Waals surface area contributed by atoms with Gasteiger partial charge in [-0.25, -0.2) is 4.98 Å². The minimum atomic E-state index is -0.139. The van der Waals surface area contributed by atoms with E-state index in [1.807, 2.05) is 68.6 Å². The molecule has 0 radical (unpaired) electrons. The van der Waals surface area contributed by atoms with E-state index in [1.54, 1.807) is 28.8 Å². The van der Waals surface area contributed by atoms with Crippen LogP contribution in [0.2, 0.25) is 0 Å². The molecular formula is C26H26N4O2. The fourth-order valence-electron chi connectivity index (χ4n) is 3.71. The van der Waals surface area contributed by atoms with Crippen molar-refractivity contribution in [1.82, 2.24) is 14.3 Å². The van der Waals surface area contributed by atoms with Gasteiger partial charge < -0.3 is 5.32 Å². The van der Waals surface area contributed by atoms with Crippen molar-refractivity contribution in [3.63, 3.8) is 0 Å². The molecule has 1 amide bonds. The monoisotopic (exact) mass is 426 g/mol. The standard InChI is InChI=1S/C26H26N4O2/c1-18-9-8-14-30-24(31)16-23(27-25(18)30)17-29(3)19(2)21-12-7-13-22(15-21)28-26(32)20-10-5-4-6-11-20/h4-16,19H,17H2,1-3H3,(H,28,32)/t19-/m1/s1. The molecule has 0 aliphatic heterocycles. The molecule has 2 aromatic heterocycles. The first kappa shape index (κ1) is 21.5. The summed E-state index contributed by atoms with van der Waals surface area (Å²) in [5, 5.41) is 2.96. The topological polar surface area (TPSA) is 66.7 Å². The van der Waals surface area contributed by atoms with Gasteiger partial charge >= 0.3 is 0 Å². The number of rotatable bonds is 6. The lowest BCUT2D eigenvalue weighted by Gasteiger charge is -2.25. The Bertz CT molecular complexity index is 1310. The smallest absolute Gasteiger partial charge is 0.258 e. The fourth-order valence-corrected chi connectivity index (χ4v) is 3.71. The predicted octanol–water partition coefficient (Wildman–Crippen LogP) is 4.45. The molecule has 4 rings (SSSR count). The molecule has 0 unspecified atom stereocenters. The number of nitrogens with zero attached hydrogens (tertiary/aromatic N) is 3. The Morgan fingerprint density at radius 3 is 2.62 bits per heavy atom. The number of pyridine rings is 1. The highest BCUT2D eigenvalue weighted by Crippen LogP contribution is 2.23. The van der Waals surface area contributed by atoms with Crippen molar-refractivity contribution in [2.45, 2.75) is 26.4 Å². The van der Waals surface area contributed by atoms with Crippen LogP contribution in [-0.2, 0) is 6.54 Å². The van der Waals surface area contributed by atoms with E-state index in [-0.39, 0.29) is 17.5 Å². The van der Waals surface area contributed by atoms with Crippen LogP contribution in [0.25, 0.3) is 5.65 Å². The highest BCUT2D eigenvalue weighted by Gasteiger charge is 2.15. The maximum atomic E-state index is 12.5. The first-order valence-electron chi connectivity index (χ1n) is 10.6. The minimum absolute atomic E-state index is 0.0562. The maximum absolute atomic E-state index is 12.5. The molecule has 0 aliphatic carbocycles. The zero-order valence-corrected chi connectivity index (χ0v) is 18.4. The molecule has 0 aliphatic rings. The van der Waals surface area contributed by atoms with Crippen molar-refractivity contribution < 1.29 is 4.79 Å². The number of carbonyl (C=O) groups excluding carboxylic acids is 1. The van der Waals surface area contributed by atoms with Crippen LogP contribution in [0.3, 0.4) is 0 Å². The number of nitrogens with one attached hydrogen (secondary N) is 1. The van der Waals surface area contributed by atoms with E-state index in [1.165, 1.54) is 0 Å². The zero-order chi connectivity index (χ0) is 22.7. The number of hydrogen-bond donors (Lipinski definition) is 1. The molecule has 0 bridgehead atoms. The second kappa shape index (κ2) is 9.16. The number of anilines is 1. The van der Waals surface area contributed by atoms with E-state index in [2.05, 4.69) is 17.1 Å². The molecule has 6 nitrogen and oxygen atoms in total. The molecular weight excluding hydrogens is 400 g/mol. The molecule has 0 spiro atoms. The molecule has 1 N–H and O–H groups in total. The molecule has 162 valence electrons. The van der Waals surface area contributed by atoms with Crippen LogP contribution in [0.15, 0.2) is 83.8 Å². The maximum Gasteiger partial charge on any atom is 0.258 e. The quantitative estimate of drug-likeness (QED) is 0.495. The Kier molecular flexibility index (Phi) is 6.14. The van der Waals surface area contributed by atoms with Crippen LogP contribution >= 0.6 is 0 Å². The number of carbonyl (C=O) groups is 1. The summed E-state index contributed by atoms with van der Waals surface area (Å²) in [6.07, 6.45) is 1.74. The van der Waals surface area contributed by atoms with Gasteiger partial charge in [0.25, 0.3) is 11.5 Å². The third kappa shape index (κ3) is 4.60. The Balaban J connectivity index is 1.51. The molecule has 2 heterocycles. The van der Waals surface area contributed by atoms with E-state index in [0.717, 1.165) is 22.5 Å². The average molecular weight is 427 g/mol. The molecule has 6 heteroatoms. The number of aromatic nitrogens is 2. The Morgan fingerprint density at radius 2 is 1.84 bits per heavy atom. The van der Waals surface area contributed by atoms with E-state index in [0.29, 0.717) is 17.8 Å². The first-order valence-corrected chi connectivity index (χ1v) is 10.6. The largest absolute Gasteiger partial charge is 0.322 e. The summed E-state index contributed by atoms with van der Waals surface area (Å²) in [7, 11) is 2.00. The molecule has 0 saturated heterocycles. The van der Waals surface area contributed by atoms with Crippen LogP contribution in [-0.4, -0.2) is 27.2 Å². The number of fused-ring (bicyclic) bond motifs is 1. The summed E-state index contributed by atoms with van der Waals surface area (Å²) in [6, 6.07) is 22.4. The Labute approximate surface area is 187 Å². The SMILES string of the molecule is Cc1cccn2c(=O)cc(CN(C)[C@H](C)c3cccc(NC(=O)c4ccccc4)c3)nc12. The fraction of sp³-hybridized carbons (Fsp3) is 0.192. The zero-order valence-electron chi connectivity index (χ0n) is 18.4. The van der Waals surface area contributed by atoms with Gasteiger partial charge in [0.15, 0.2) is 0 Å². The summed E-state index contributed by atoms with van der Waals surface area (Å²) >= 11 is 0. The van der Waals surface area contributed by atoms with Crippen LogP contribution in [0.1, 0.15) is 40.1 Å². The molecule has 32 heavy (non-hydrogen) atoms.